The Hall–Kier alpha value is -1.63. The molecule has 0 radical (unpaired) electrons. The maximum Gasteiger partial charge on any atom is 0.361 e. The molecule has 0 unspecified atom stereocenters. The number of carbonyl (C=O) groups is 1. The predicted octanol–water partition coefficient (Wildman–Crippen LogP) is 1.69. The van der Waals surface area contributed by atoms with Gasteiger partial charge in [0.2, 0.25) is 0 Å². The van der Waals surface area contributed by atoms with Gasteiger partial charge in [0, 0.05) is 17.3 Å². The third-order valence-corrected chi connectivity index (χ3v) is 3.78. The summed E-state index contributed by atoms with van der Waals surface area (Å²) >= 11 is 1.55. The Balaban J connectivity index is 2.53. The van der Waals surface area contributed by atoms with E-state index >= 15 is 0 Å². The summed E-state index contributed by atoms with van der Waals surface area (Å²) in [5, 5.41) is 0.838. The Bertz CT molecular complexity index is 531. The first-order valence-electron chi connectivity index (χ1n) is 5.05. The Morgan fingerprint density at radius 1 is 1.41 bits per heavy atom. The van der Waals surface area contributed by atoms with E-state index in [4.69, 9.17) is 5.84 Å². The van der Waals surface area contributed by atoms with Gasteiger partial charge in [-0.25, -0.2) is 10.6 Å². The number of hydrazine groups is 1. The molecule has 0 spiro atoms. The smallest absolute Gasteiger partial charge is 0.351 e. The lowest BCUT2D eigenvalue weighted by Crippen LogP contribution is -2.26. The van der Waals surface area contributed by atoms with E-state index in [9.17, 15) is 4.79 Å². The van der Waals surface area contributed by atoms with E-state index in [0.717, 1.165) is 15.4 Å². The topological polar surface area (TPSA) is 69.3 Å². The number of aromatic nitrogens is 1. The first kappa shape index (κ1) is 11.8. The van der Waals surface area contributed by atoms with Crippen molar-refractivity contribution in [3.8, 4) is 5.00 Å². The van der Waals surface area contributed by atoms with Crippen molar-refractivity contribution in [2.75, 3.05) is 0 Å². The molecule has 5 nitrogen and oxygen atoms in total. The molecule has 6 heteroatoms. The van der Waals surface area contributed by atoms with Crippen LogP contribution in [0.4, 0.5) is 0 Å². The largest absolute Gasteiger partial charge is 0.361 e. The number of aryl methyl sites for hydroxylation is 1. The molecular formula is C11H13N3O2S. The highest BCUT2D eigenvalue weighted by molar-refractivity contribution is 7.15. The molecule has 0 aliphatic carbocycles. The van der Waals surface area contributed by atoms with E-state index < -0.39 is 5.97 Å². The number of nitrogens with one attached hydrogen (secondary N) is 1. The summed E-state index contributed by atoms with van der Waals surface area (Å²) in [7, 11) is 0. The summed E-state index contributed by atoms with van der Waals surface area (Å²) in [6.45, 7) is 3.87. The van der Waals surface area contributed by atoms with Crippen molar-refractivity contribution < 1.29 is 9.63 Å². The van der Waals surface area contributed by atoms with Crippen molar-refractivity contribution in [1.29, 1.82) is 0 Å². The molecule has 17 heavy (non-hydrogen) atoms. The maximum absolute atomic E-state index is 11.8. The highest BCUT2D eigenvalue weighted by Crippen LogP contribution is 2.31. The third-order valence-electron chi connectivity index (χ3n) is 2.56. The van der Waals surface area contributed by atoms with Crippen molar-refractivity contribution in [3.63, 3.8) is 0 Å². The highest BCUT2D eigenvalue weighted by Gasteiger charge is 2.21. The Morgan fingerprint density at radius 3 is 2.65 bits per heavy atom. The molecule has 0 atom stereocenters. The number of carbonyl (C=O) groups excluding carboxylic acids is 1. The second kappa shape index (κ2) is 4.70. The minimum atomic E-state index is -0.474. The van der Waals surface area contributed by atoms with Gasteiger partial charge in [0.15, 0.2) is 0 Å². The molecule has 0 saturated carbocycles. The van der Waals surface area contributed by atoms with Crippen LogP contribution in [-0.2, 0) is 4.84 Å². The second-order valence-corrected chi connectivity index (χ2v) is 4.76. The lowest BCUT2D eigenvalue weighted by atomic mass is 10.1. The lowest BCUT2D eigenvalue weighted by Gasteiger charge is -2.05. The van der Waals surface area contributed by atoms with Gasteiger partial charge in [0.1, 0.15) is 5.00 Å². The average Bonchev–Trinajstić information content (AvgIpc) is 2.88. The first-order valence-corrected chi connectivity index (χ1v) is 5.87. The SMILES string of the molecule is Cc1sc(-n2cccc2)c(C(=O)ONN)c1C. The molecule has 3 N–H and O–H groups in total. The molecule has 0 fully saturated rings. The zero-order valence-electron chi connectivity index (χ0n) is 9.56. The molecular weight excluding hydrogens is 238 g/mol. The summed E-state index contributed by atoms with van der Waals surface area (Å²) in [6, 6.07) is 3.81. The molecule has 2 aromatic rings. The van der Waals surface area contributed by atoms with Crippen molar-refractivity contribution in [2.45, 2.75) is 13.8 Å². The second-order valence-electron chi connectivity index (χ2n) is 3.56. The fraction of sp³-hybridized carbons (Fsp3) is 0.182. The number of hydrogen-bond donors (Lipinski definition) is 2. The Kier molecular flexibility index (Phi) is 3.28. The lowest BCUT2D eigenvalue weighted by molar-refractivity contribution is 0.0254. The molecule has 0 aromatic carbocycles. The fourth-order valence-corrected chi connectivity index (χ4v) is 2.72. The summed E-state index contributed by atoms with van der Waals surface area (Å²) in [5.74, 6) is 4.52. The van der Waals surface area contributed by atoms with Gasteiger partial charge in [-0.05, 0) is 31.5 Å². The normalized spacial score (nSPS) is 10.5. The standard InChI is InChI=1S/C11H13N3O2S/c1-7-8(2)17-10(14-5-3-4-6-14)9(7)11(15)16-13-12/h3-6,13H,12H2,1-2H3. The summed E-state index contributed by atoms with van der Waals surface area (Å²) < 4.78 is 1.89. The molecule has 0 bridgehead atoms. The van der Waals surface area contributed by atoms with Gasteiger partial charge in [0.25, 0.3) is 0 Å². The quantitative estimate of drug-likeness (QED) is 0.643. The average molecular weight is 251 g/mol. The molecule has 90 valence electrons. The van der Waals surface area contributed by atoms with Crippen LogP contribution < -0.4 is 11.4 Å². The van der Waals surface area contributed by atoms with Crippen LogP contribution in [-0.4, -0.2) is 10.5 Å². The van der Waals surface area contributed by atoms with Gasteiger partial charge < -0.3 is 9.40 Å². The van der Waals surface area contributed by atoms with Gasteiger partial charge in [-0.2, -0.15) is 0 Å². The van der Waals surface area contributed by atoms with Crippen molar-refractivity contribution in [1.82, 2.24) is 10.2 Å². The van der Waals surface area contributed by atoms with Crippen LogP contribution in [0.5, 0.6) is 0 Å². The number of thiophene rings is 1. The molecule has 0 saturated heterocycles. The summed E-state index contributed by atoms with van der Waals surface area (Å²) in [6.07, 6.45) is 3.77. The molecule has 0 aliphatic heterocycles. The van der Waals surface area contributed by atoms with E-state index in [1.54, 1.807) is 11.3 Å². The number of hydrogen-bond acceptors (Lipinski definition) is 5. The van der Waals surface area contributed by atoms with Crippen LogP contribution in [0.25, 0.3) is 5.00 Å². The molecule has 2 aromatic heterocycles. The number of nitrogens with two attached hydrogens (primary N) is 1. The predicted molar refractivity (Wildman–Crippen MR) is 65.9 cm³/mol. The zero-order chi connectivity index (χ0) is 12.4. The van der Waals surface area contributed by atoms with Gasteiger partial charge in [-0.15, -0.1) is 11.3 Å². The Labute approximate surface area is 103 Å². The minimum absolute atomic E-state index is 0.474. The zero-order valence-corrected chi connectivity index (χ0v) is 10.4. The number of rotatable bonds is 3. The monoisotopic (exact) mass is 251 g/mol. The van der Waals surface area contributed by atoms with Crippen LogP contribution in [0.1, 0.15) is 20.8 Å². The van der Waals surface area contributed by atoms with Crippen molar-refractivity contribution in [3.05, 3.63) is 40.5 Å². The molecule has 0 amide bonds. The number of nitrogens with zero attached hydrogens (tertiary/aromatic N) is 1. The van der Waals surface area contributed by atoms with E-state index in [2.05, 4.69) is 4.84 Å². The molecule has 2 heterocycles. The van der Waals surface area contributed by atoms with Crippen LogP contribution in [0.3, 0.4) is 0 Å². The highest BCUT2D eigenvalue weighted by atomic mass is 32.1. The van der Waals surface area contributed by atoms with Gasteiger partial charge >= 0.3 is 5.97 Å². The Morgan fingerprint density at radius 2 is 2.06 bits per heavy atom. The summed E-state index contributed by atoms with van der Waals surface area (Å²) in [5.41, 5.74) is 3.38. The van der Waals surface area contributed by atoms with Crippen LogP contribution >= 0.6 is 11.3 Å². The van der Waals surface area contributed by atoms with Crippen LogP contribution in [0.2, 0.25) is 0 Å². The fourth-order valence-electron chi connectivity index (χ4n) is 1.61. The minimum Gasteiger partial charge on any atom is -0.351 e. The molecule has 2 rings (SSSR count). The third kappa shape index (κ3) is 2.10. The van der Waals surface area contributed by atoms with Crippen molar-refractivity contribution >= 4 is 17.3 Å². The van der Waals surface area contributed by atoms with Gasteiger partial charge in [-0.3, -0.25) is 0 Å². The van der Waals surface area contributed by atoms with E-state index in [-0.39, 0.29) is 0 Å². The van der Waals surface area contributed by atoms with Gasteiger partial charge in [0.05, 0.1) is 5.56 Å². The first-order chi connectivity index (χ1) is 8.15. The molecule has 0 aliphatic rings. The van der Waals surface area contributed by atoms with Crippen molar-refractivity contribution in [2.24, 2.45) is 5.84 Å². The van der Waals surface area contributed by atoms with E-state index in [1.807, 2.05) is 48.5 Å². The van der Waals surface area contributed by atoms with Crippen LogP contribution in [0.15, 0.2) is 24.5 Å². The van der Waals surface area contributed by atoms with Gasteiger partial charge in [-0.1, -0.05) is 5.59 Å². The maximum atomic E-state index is 11.8. The van der Waals surface area contributed by atoms with E-state index in [1.165, 1.54) is 0 Å². The van der Waals surface area contributed by atoms with E-state index in [0.29, 0.717) is 5.56 Å². The summed E-state index contributed by atoms with van der Waals surface area (Å²) in [4.78, 5) is 17.5. The van der Waals surface area contributed by atoms with Crippen LogP contribution in [0, 0.1) is 13.8 Å².